The number of amides is 1. The summed E-state index contributed by atoms with van der Waals surface area (Å²) in [4.78, 5) is 27.5. The molecule has 10 heteroatoms. The molecule has 0 heterocycles. The van der Waals surface area contributed by atoms with Gasteiger partial charge in [0.05, 0.1) is 12.3 Å². The number of carbonyl (C=O) groups excluding carboxylic acids is 1. The smallest absolute Gasteiger partial charge is 0.273 e. The Morgan fingerprint density at radius 1 is 1.06 bits per heavy atom. The summed E-state index contributed by atoms with van der Waals surface area (Å²) in [5.41, 5.74) is 4.36. The number of likely N-dealkylation sites (N-methyl/N-ethyl adjacent to an activating group) is 1. The molecular formula is C24H29FN4O5. The largest absolute Gasteiger partial charge is 0.494 e. The molecule has 0 bridgehead atoms. The second-order valence-corrected chi connectivity index (χ2v) is 6.84. The van der Waals surface area contributed by atoms with E-state index in [1.54, 1.807) is 30.3 Å². The average Bonchev–Trinajstić information content (AvgIpc) is 2.85. The van der Waals surface area contributed by atoms with Crippen molar-refractivity contribution in [3.8, 4) is 5.75 Å². The van der Waals surface area contributed by atoms with E-state index in [-0.39, 0.29) is 29.3 Å². The van der Waals surface area contributed by atoms with E-state index >= 15 is 0 Å². The Hall–Kier alpha value is -3.92. The first kappa shape index (κ1) is 26.3. The van der Waals surface area contributed by atoms with Crippen molar-refractivity contribution >= 4 is 17.3 Å². The van der Waals surface area contributed by atoms with Crippen LogP contribution in [0.4, 0.5) is 4.39 Å². The highest BCUT2D eigenvalue weighted by Gasteiger charge is 2.19. The Morgan fingerprint density at radius 3 is 2.41 bits per heavy atom. The van der Waals surface area contributed by atoms with Crippen molar-refractivity contribution in [2.75, 3.05) is 27.9 Å². The lowest BCUT2D eigenvalue weighted by atomic mass is 10.0. The van der Waals surface area contributed by atoms with Crippen LogP contribution in [0, 0.1) is 5.82 Å². The number of oxime groups is 2. The minimum Gasteiger partial charge on any atom is -0.494 e. The molecule has 2 N–H and O–H groups in total. The van der Waals surface area contributed by atoms with Crippen LogP contribution in [0.25, 0.3) is 0 Å². The third kappa shape index (κ3) is 7.04. The zero-order valence-corrected chi connectivity index (χ0v) is 19.7. The highest BCUT2D eigenvalue weighted by Crippen LogP contribution is 2.20. The molecule has 2 aromatic carbocycles. The zero-order chi connectivity index (χ0) is 24.9. The third-order valence-electron chi connectivity index (χ3n) is 4.46. The van der Waals surface area contributed by atoms with Crippen molar-refractivity contribution in [2.45, 2.75) is 20.0 Å². The van der Waals surface area contributed by atoms with Gasteiger partial charge < -0.3 is 19.7 Å². The Morgan fingerprint density at radius 2 is 1.76 bits per heavy atom. The van der Waals surface area contributed by atoms with Gasteiger partial charge in [-0.1, -0.05) is 48.1 Å². The number of nitrogens with one attached hydrogen (secondary N) is 2. The van der Waals surface area contributed by atoms with E-state index in [4.69, 9.17) is 19.2 Å². The Kier molecular flexibility index (Phi) is 10.5. The van der Waals surface area contributed by atoms with E-state index in [1.165, 1.54) is 33.4 Å². The number of halogens is 1. The number of hydroxylamine groups is 1. The highest BCUT2D eigenvalue weighted by atomic mass is 19.1. The normalized spacial score (nSPS) is 11.6. The maximum atomic E-state index is 14.7. The van der Waals surface area contributed by atoms with Gasteiger partial charge in [-0.3, -0.25) is 15.1 Å². The second kappa shape index (κ2) is 13.6. The molecule has 0 aliphatic heterocycles. The van der Waals surface area contributed by atoms with Gasteiger partial charge in [-0.2, -0.15) is 0 Å². The molecule has 34 heavy (non-hydrogen) atoms. The fourth-order valence-corrected chi connectivity index (χ4v) is 2.90. The topological polar surface area (TPSA) is 103 Å². The fraction of sp³-hybridized carbons (Fsp3) is 0.292. The van der Waals surface area contributed by atoms with Gasteiger partial charge in [-0.25, -0.2) is 4.39 Å². The fourth-order valence-electron chi connectivity index (χ4n) is 2.90. The number of hydrogen-bond acceptors (Lipinski definition) is 8. The number of allylic oxidation sites excluding steroid dienone is 1. The SMILES string of the molecule is C=C(NOCc1ccccc1C(=NOC)C(=O)NC)C(=NOC)c1ccc(OCCC)cc1F. The number of hydrogen-bond donors (Lipinski definition) is 2. The van der Waals surface area contributed by atoms with Crippen molar-refractivity contribution in [3.05, 3.63) is 77.2 Å². The molecule has 0 aromatic heterocycles. The molecule has 0 radical (unpaired) electrons. The predicted molar refractivity (Wildman–Crippen MR) is 127 cm³/mol. The van der Waals surface area contributed by atoms with E-state index in [1.807, 2.05) is 6.92 Å². The Labute approximate surface area is 198 Å². The molecule has 1 amide bonds. The van der Waals surface area contributed by atoms with Gasteiger partial charge in [0.25, 0.3) is 5.91 Å². The van der Waals surface area contributed by atoms with E-state index in [0.29, 0.717) is 23.5 Å². The predicted octanol–water partition coefficient (Wildman–Crippen LogP) is 3.30. The summed E-state index contributed by atoms with van der Waals surface area (Å²) in [7, 11) is 4.19. The van der Waals surface area contributed by atoms with Gasteiger partial charge >= 0.3 is 0 Å². The average molecular weight is 473 g/mol. The van der Waals surface area contributed by atoms with Crippen LogP contribution in [0.1, 0.15) is 30.0 Å². The third-order valence-corrected chi connectivity index (χ3v) is 4.46. The number of rotatable bonds is 13. The molecule has 182 valence electrons. The van der Waals surface area contributed by atoms with Crippen LogP contribution >= 0.6 is 0 Å². The Balaban J connectivity index is 2.16. The second-order valence-electron chi connectivity index (χ2n) is 6.84. The maximum Gasteiger partial charge on any atom is 0.273 e. The first-order valence-electron chi connectivity index (χ1n) is 10.5. The molecule has 0 spiro atoms. The van der Waals surface area contributed by atoms with E-state index in [9.17, 15) is 9.18 Å². The maximum absolute atomic E-state index is 14.7. The quantitative estimate of drug-likeness (QED) is 0.343. The summed E-state index contributed by atoms with van der Waals surface area (Å²) >= 11 is 0. The number of carbonyl (C=O) groups is 1. The molecule has 0 unspecified atom stereocenters. The first-order chi connectivity index (χ1) is 16.5. The van der Waals surface area contributed by atoms with Crippen LogP contribution in [0.2, 0.25) is 0 Å². The van der Waals surface area contributed by atoms with Crippen molar-refractivity contribution in [1.82, 2.24) is 10.8 Å². The summed E-state index contributed by atoms with van der Waals surface area (Å²) in [6.07, 6.45) is 0.808. The monoisotopic (exact) mass is 472 g/mol. The molecule has 0 saturated heterocycles. The lowest BCUT2D eigenvalue weighted by Gasteiger charge is -2.15. The van der Waals surface area contributed by atoms with Gasteiger partial charge in [0.2, 0.25) is 0 Å². The van der Waals surface area contributed by atoms with Crippen LogP contribution in [-0.4, -0.2) is 45.2 Å². The summed E-state index contributed by atoms with van der Waals surface area (Å²) in [6.45, 7) is 6.35. The number of benzene rings is 2. The molecule has 0 aliphatic carbocycles. The molecular weight excluding hydrogens is 443 g/mol. The van der Waals surface area contributed by atoms with Gasteiger partial charge in [0, 0.05) is 24.2 Å². The van der Waals surface area contributed by atoms with E-state index in [2.05, 4.69) is 27.7 Å². The van der Waals surface area contributed by atoms with Crippen LogP contribution < -0.4 is 15.5 Å². The van der Waals surface area contributed by atoms with Gasteiger partial charge in [0.15, 0.2) is 5.71 Å². The minimum atomic E-state index is -0.552. The van der Waals surface area contributed by atoms with Crippen LogP contribution in [-0.2, 0) is 25.9 Å². The van der Waals surface area contributed by atoms with Crippen molar-refractivity contribution in [3.63, 3.8) is 0 Å². The first-order valence-corrected chi connectivity index (χ1v) is 10.5. The zero-order valence-electron chi connectivity index (χ0n) is 19.7. The molecule has 2 aromatic rings. The molecule has 0 saturated carbocycles. The highest BCUT2D eigenvalue weighted by molar-refractivity contribution is 6.45. The lowest BCUT2D eigenvalue weighted by molar-refractivity contribution is -0.114. The molecule has 2 rings (SSSR count). The summed E-state index contributed by atoms with van der Waals surface area (Å²) in [5, 5.41) is 10.2. The van der Waals surface area contributed by atoms with E-state index in [0.717, 1.165) is 6.42 Å². The van der Waals surface area contributed by atoms with Gasteiger partial charge in [0.1, 0.15) is 38.1 Å². The molecule has 0 aliphatic rings. The van der Waals surface area contributed by atoms with Crippen molar-refractivity contribution in [2.24, 2.45) is 10.3 Å². The summed E-state index contributed by atoms with van der Waals surface area (Å²) in [6, 6.07) is 11.5. The molecule has 9 nitrogen and oxygen atoms in total. The van der Waals surface area contributed by atoms with Crippen LogP contribution in [0.15, 0.2) is 65.1 Å². The summed E-state index contributed by atoms with van der Waals surface area (Å²) < 4.78 is 20.2. The number of ether oxygens (including phenoxy) is 1. The standard InChI is InChI=1S/C24H29FN4O5/c1-6-13-33-18-11-12-20(21(25)14-18)22(28-31-4)16(2)27-34-15-17-9-7-8-10-19(17)23(29-32-5)24(30)26-3/h7-12,14,27H,2,6,13,15H2,1,3-5H3,(H,26,30). The molecule has 0 fully saturated rings. The molecule has 0 atom stereocenters. The summed E-state index contributed by atoms with van der Waals surface area (Å²) in [5.74, 6) is -0.553. The van der Waals surface area contributed by atoms with Crippen molar-refractivity contribution in [1.29, 1.82) is 0 Å². The number of nitrogens with zero attached hydrogens (tertiary/aromatic N) is 2. The van der Waals surface area contributed by atoms with Crippen molar-refractivity contribution < 1.29 is 28.4 Å². The van der Waals surface area contributed by atoms with Gasteiger partial charge in [-0.15, -0.1) is 0 Å². The minimum absolute atomic E-state index is 0.0292. The Bertz CT molecular complexity index is 1060. The lowest BCUT2D eigenvalue weighted by Crippen LogP contribution is -2.29. The van der Waals surface area contributed by atoms with Gasteiger partial charge in [-0.05, 0) is 24.1 Å². The van der Waals surface area contributed by atoms with Crippen LogP contribution in [0.3, 0.4) is 0 Å². The van der Waals surface area contributed by atoms with E-state index < -0.39 is 11.7 Å². The van der Waals surface area contributed by atoms with Crippen LogP contribution in [0.5, 0.6) is 5.75 Å².